The molecule has 0 radical (unpaired) electrons. The Morgan fingerprint density at radius 2 is 2.00 bits per heavy atom. The Hall–Kier alpha value is -1.42. The summed E-state index contributed by atoms with van der Waals surface area (Å²) in [7, 11) is 0. The van der Waals surface area contributed by atoms with Gasteiger partial charge in [-0.25, -0.2) is 9.59 Å². The van der Waals surface area contributed by atoms with Gasteiger partial charge < -0.3 is 10.9 Å². The summed E-state index contributed by atoms with van der Waals surface area (Å²) in [4.78, 5) is 21.3. The molecule has 0 saturated carbocycles. The van der Waals surface area contributed by atoms with Gasteiger partial charge in [0.25, 0.3) is 0 Å². The molecule has 0 saturated heterocycles. The molecule has 12 heavy (non-hydrogen) atoms. The van der Waals surface area contributed by atoms with E-state index in [1.54, 1.807) is 6.08 Å². The number of allylic oxidation sites excluding steroid dienone is 1. The van der Waals surface area contributed by atoms with E-state index in [1.807, 2.05) is 13.8 Å². The Balaban J connectivity index is 0.00000121. The summed E-state index contributed by atoms with van der Waals surface area (Å²) in [6.07, 6.45) is 2.81. The highest BCUT2D eigenvalue weighted by molar-refractivity contribution is 6.10. The first kappa shape index (κ1) is 10.6. The van der Waals surface area contributed by atoms with Crippen LogP contribution >= 0.6 is 0 Å². The highest BCUT2D eigenvalue weighted by atomic mass is 16.6. The monoisotopic (exact) mass is 169 g/mol. The summed E-state index contributed by atoms with van der Waals surface area (Å²) in [5.41, 5.74) is 1.29. The van der Waals surface area contributed by atoms with Crippen molar-refractivity contribution in [3.8, 4) is 0 Å². The van der Waals surface area contributed by atoms with E-state index in [1.165, 1.54) is 6.08 Å². The molecule has 0 spiro atoms. The number of ether oxygens (including phenoxy) is 1. The highest BCUT2D eigenvalue weighted by Crippen LogP contribution is 2.11. The van der Waals surface area contributed by atoms with Crippen LogP contribution in [0.1, 0.15) is 13.8 Å². The van der Waals surface area contributed by atoms with E-state index in [-0.39, 0.29) is 6.15 Å². The van der Waals surface area contributed by atoms with Gasteiger partial charge in [-0.3, -0.25) is 0 Å². The van der Waals surface area contributed by atoms with Gasteiger partial charge in [0.2, 0.25) is 0 Å². The van der Waals surface area contributed by atoms with Crippen LogP contribution in [0.2, 0.25) is 0 Å². The predicted octanol–water partition coefficient (Wildman–Crippen LogP) is 1.12. The van der Waals surface area contributed by atoms with E-state index >= 15 is 0 Å². The molecule has 0 fully saturated rings. The van der Waals surface area contributed by atoms with Crippen LogP contribution in [-0.4, -0.2) is 11.9 Å². The SMILES string of the molecule is CC(C)=CC1=CC(=O)OC1=O.N. The van der Waals surface area contributed by atoms with Crippen molar-refractivity contribution in [1.29, 1.82) is 0 Å². The fourth-order valence-corrected chi connectivity index (χ4v) is 0.777. The lowest BCUT2D eigenvalue weighted by Gasteiger charge is -1.89. The summed E-state index contributed by atoms with van der Waals surface area (Å²) >= 11 is 0. The standard InChI is InChI=1S/C8H8O3.H3N/c1-5(2)3-6-4-7(9)11-8(6)10;/h3-4H,1-2H3;1H3. The fraction of sp³-hybridized carbons (Fsp3) is 0.250. The van der Waals surface area contributed by atoms with Gasteiger partial charge in [-0.2, -0.15) is 0 Å². The number of hydrogen-bond acceptors (Lipinski definition) is 4. The molecular formula is C8H11NO3. The average Bonchev–Trinajstić information content (AvgIpc) is 2.09. The van der Waals surface area contributed by atoms with Crippen LogP contribution in [0.4, 0.5) is 0 Å². The molecule has 0 aromatic rings. The van der Waals surface area contributed by atoms with Crippen molar-refractivity contribution in [2.24, 2.45) is 0 Å². The molecule has 4 nitrogen and oxygen atoms in total. The highest BCUT2D eigenvalue weighted by Gasteiger charge is 2.21. The predicted molar refractivity (Wildman–Crippen MR) is 43.6 cm³/mol. The van der Waals surface area contributed by atoms with Gasteiger partial charge >= 0.3 is 11.9 Å². The Morgan fingerprint density at radius 3 is 2.33 bits per heavy atom. The third-order valence-corrected chi connectivity index (χ3v) is 1.15. The first-order valence-corrected chi connectivity index (χ1v) is 3.22. The van der Waals surface area contributed by atoms with Crippen molar-refractivity contribution >= 4 is 11.9 Å². The quantitative estimate of drug-likeness (QED) is 0.471. The number of hydrogen-bond donors (Lipinski definition) is 1. The number of carbonyl (C=O) groups is 2. The second-order valence-corrected chi connectivity index (χ2v) is 2.53. The lowest BCUT2D eigenvalue weighted by molar-refractivity contribution is -0.150. The van der Waals surface area contributed by atoms with E-state index in [0.717, 1.165) is 5.57 Å². The average molecular weight is 169 g/mol. The van der Waals surface area contributed by atoms with E-state index in [2.05, 4.69) is 4.74 Å². The molecule has 0 unspecified atom stereocenters. The van der Waals surface area contributed by atoms with Gasteiger partial charge in [0.05, 0.1) is 5.57 Å². The Bertz CT molecular complexity index is 272. The van der Waals surface area contributed by atoms with Crippen LogP contribution < -0.4 is 6.15 Å². The lowest BCUT2D eigenvalue weighted by Crippen LogP contribution is -2.00. The minimum absolute atomic E-state index is 0. The largest absolute Gasteiger partial charge is 0.386 e. The summed E-state index contributed by atoms with van der Waals surface area (Å²) in [5.74, 6) is -1.14. The number of rotatable bonds is 1. The molecule has 66 valence electrons. The van der Waals surface area contributed by atoms with Crippen LogP contribution in [0.15, 0.2) is 23.3 Å². The van der Waals surface area contributed by atoms with Crippen LogP contribution in [0.25, 0.3) is 0 Å². The summed E-state index contributed by atoms with van der Waals surface area (Å²) < 4.78 is 4.26. The van der Waals surface area contributed by atoms with Crippen LogP contribution in [0.3, 0.4) is 0 Å². The van der Waals surface area contributed by atoms with Crippen molar-refractivity contribution in [3.63, 3.8) is 0 Å². The maximum atomic E-state index is 10.8. The normalized spacial score (nSPS) is 14.7. The minimum atomic E-state index is -0.581. The van der Waals surface area contributed by atoms with Gasteiger partial charge in [-0.1, -0.05) is 5.57 Å². The molecule has 0 atom stereocenters. The maximum Gasteiger partial charge on any atom is 0.346 e. The molecule has 0 amide bonds. The lowest BCUT2D eigenvalue weighted by atomic mass is 10.2. The van der Waals surface area contributed by atoms with Gasteiger partial charge in [-0.15, -0.1) is 0 Å². The topological polar surface area (TPSA) is 78.4 Å². The molecule has 1 aliphatic heterocycles. The first-order chi connectivity index (χ1) is 5.09. The van der Waals surface area contributed by atoms with E-state index < -0.39 is 11.9 Å². The van der Waals surface area contributed by atoms with Gasteiger partial charge in [0, 0.05) is 6.08 Å². The third-order valence-electron chi connectivity index (χ3n) is 1.15. The second kappa shape index (κ2) is 3.82. The van der Waals surface area contributed by atoms with Crippen molar-refractivity contribution in [2.75, 3.05) is 0 Å². The molecule has 3 N–H and O–H groups in total. The first-order valence-electron chi connectivity index (χ1n) is 3.22. The minimum Gasteiger partial charge on any atom is -0.386 e. The molecular weight excluding hydrogens is 158 g/mol. The molecule has 0 aromatic heterocycles. The Labute approximate surface area is 70.5 Å². The molecule has 0 aromatic carbocycles. The summed E-state index contributed by atoms with van der Waals surface area (Å²) in [6.45, 7) is 3.69. The number of esters is 2. The van der Waals surface area contributed by atoms with E-state index in [9.17, 15) is 9.59 Å². The van der Waals surface area contributed by atoms with Crippen LogP contribution in [0, 0.1) is 0 Å². The number of carbonyl (C=O) groups excluding carboxylic acids is 2. The second-order valence-electron chi connectivity index (χ2n) is 2.53. The van der Waals surface area contributed by atoms with Crippen molar-refractivity contribution < 1.29 is 14.3 Å². The molecule has 0 aliphatic carbocycles. The van der Waals surface area contributed by atoms with Crippen molar-refractivity contribution in [3.05, 3.63) is 23.3 Å². The van der Waals surface area contributed by atoms with Gasteiger partial charge in [0.1, 0.15) is 0 Å². The maximum absolute atomic E-state index is 10.8. The fourth-order valence-electron chi connectivity index (χ4n) is 0.777. The molecule has 1 aliphatic rings. The number of cyclic esters (lactones) is 2. The van der Waals surface area contributed by atoms with E-state index in [4.69, 9.17) is 0 Å². The van der Waals surface area contributed by atoms with Crippen LogP contribution in [-0.2, 0) is 14.3 Å². The molecule has 1 rings (SSSR count). The molecule has 4 heteroatoms. The zero-order valence-electron chi connectivity index (χ0n) is 7.09. The Morgan fingerprint density at radius 1 is 1.42 bits per heavy atom. The van der Waals surface area contributed by atoms with Gasteiger partial charge in [-0.05, 0) is 19.9 Å². The third kappa shape index (κ3) is 2.32. The van der Waals surface area contributed by atoms with Crippen molar-refractivity contribution in [1.82, 2.24) is 6.15 Å². The summed E-state index contributed by atoms with van der Waals surface area (Å²) in [6, 6.07) is 0. The smallest absolute Gasteiger partial charge is 0.346 e. The van der Waals surface area contributed by atoms with E-state index in [0.29, 0.717) is 5.57 Å². The van der Waals surface area contributed by atoms with Gasteiger partial charge in [0.15, 0.2) is 0 Å². The summed E-state index contributed by atoms with van der Waals surface area (Å²) in [5, 5.41) is 0. The zero-order chi connectivity index (χ0) is 8.43. The Kier molecular flexibility index (Phi) is 3.37. The zero-order valence-corrected chi connectivity index (χ0v) is 7.09. The van der Waals surface area contributed by atoms with Crippen LogP contribution in [0.5, 0.6) is 0 Å². The molecule has 0 bridgehead atoms. The molecule has 1 heterocycles. The van der Waals surface area contributed by atoms with Crippen molar-refractivity contribution in [2.45, 2.75) is 13.8 Å².